The van der Waals surface area contributed by atoms with E-state index in [2.05, 4.69) is 0 Å². The smallest absolute Gasteiger partial charge is 0.318 e. The van der Waals surface area contributed by atoms with E-state index in [4.69, 9.17) is 5.11 Å². The van der Waals surface area contributed by atoms with Crippen molar-refractivity contribution >= 4 is 25.8 Å². The monoisotopic (exact) mass is 321 g/mol. The van der Waals surface area contributed by atoms with Crippen LogP contribution in [0.5, 0.6) is 0 Å². The van der Waals surface area contributed by atoms with E-state index in [1.54, 1.807) is 0 Å². The normalized spacial score (nSPS) is 12.6. The summed E-state index contributed by atoms with van der Waals surface area (Å²) in [6, 6.07) is 4.65. The molecule has 9 heteroatoms. The van der Waals surface area contributed by atoms with Crippen molar-refractivity contribution in [1.29, 1.82) is 0 Å². The molecule has 1 rings (SSSR count). The summed E-state index contributed by atoms with van der Waals surface area (Å²) in [5, 5.41) is 8.69. The summed E-state index contributed by atoms with van der Waals surface area (Å²) in [5.74, 6) is -1.26. The van der Waals surface area contributed by atoms with Crippen molar-refractivity contribution in [2.24, 2.45) is 0 Å². The van der Waals surface area contributed by atoms with Crippen LogP contribution in [-0.2, 0) is 24.7 Å². The number of likely N-dealkylation sites (N-methyl/N-ethyl adjacent to an activating group) is 1. The Hall–Kier alpha value is -1.45. The minimum absolute atomic E-state index is 0.00210. The van der Waals surface area contributed by atoms with E-state index in [0.29, 0.717) is 0 Å². The second-order valence-corrected chi connectivity index (χ2v) is 8.02. The summed E-state index contributed by atoms with van der Waals surface area (Å²) in [6.07, 6.45) is 1.01. The maximum absolute atomic E-state index is 12.2. The fourth-order valence-corrected chi connectivity index (χ4v) is 3.55. The molecule has 0 heterocycles. The predicted octanol–water partition coefficient (Wildman–Crippen LogP) is 0.185. The van der Waals surface area contributed by atoms with Gasteiger partial charge >= 0.3 is 5.97 Å². The first-order valence-corrected chi connectivity index (χ1v) is 8.94. The molecule has 0 aliphatic carbocycles. The quantitative estimate of drug-likeness (QED) is 0.801. The van der Waals surface area contributed by atoms with E-state index >= 15 is 0 Å². The number of carbonyl (C=O) groups is 1. The zero-order valence-corrected chi connectivity index (χ0v) is 12.6. The number of carboxylic acid groups (broad SMARTS) is 1. The Morgan fingerprint density at radius 3 is 1.90 bits per heavy atom. The van der Waals surface area contributed by atoms with Crippen molar-refractivity contribution in [3.63, 3.8) is 0 Å². The first-order chi connectivity index (χ1) is 9.09. The summed E-state index contributed by atoms with van der Waals surface area (Å²) in [4.78, 5) is 10.5. The summed E-state index contributed by atoms with van der Waals surface area (Å²) >= 11 is 0. The number of carboxylic acids is 1. The fraction of sp³-hybridized carbons (Fsp3) is 0.364. The van der Waals surface area contributed by atoms with Gasteiger partial charge in [0.15, 0.2) is 9.84 Å². The maximum Gasteiger partial charge on any atom is 0.318 e. The largest absolute Gasteiger partial charge is 0.480 e. The lowest BCUT2D eigenvalue weighted by molar-refractivity contribution is -0.137. The Morgan fingerprint density at radius 1 is 1.10 bits per heavy atom. The molecule has 0 saturated heterocycles. The second-order valence-electron chi connectivity index (χ2n) is 4.07. The van der Waals surface area contributed by atoms with Crippen LogP contribution >= 0.6 is 0 Å². The highest BCUT2D eigenvalue weighted by Gasteiger charge is 2.25. The summed E-state index contributed by atoms with van der Waals surface area (Å²) < 4.78 is 47.7. The van der Waals surface area contributed by atoms with Crippen LogP contribution in [0.3, 0.4) is 0 Å². The second kappa shape index (κ2) is 5.90. The van der Waals surface area contributed by atoms with Crippen molar-refractivity contribution in [2.75, 3.05) is 19.3 Å². The number of aliphatic carboxylic acids is 1. The van der Waals surface area contributed by atoms with Crippen molar-refractivity contribution < 1.29 is 26.7 Å². The lowest BCUT2D eigenvalue weighted by Crippen LogP contribution is -2.35. The SMILES string of the molecule is CCN(CC(=O)O)S(=O)(=O)c1ccc(S(C)(=O)=O)cc1. The summed E-state index contributed by atoms with van der Waals surface area (Å²) in [7, 11) is -7.36. The van der Waals surface area contributed by atoms with Crippen LogP contribution in [0.15, 0.2) is 34.1 Å². The maximum atomic E-state index is 12.2. The molecule has 0 atom stereocenters. The molecule has 112 valence electrons. The van der Waals surface area contributed by atoms with Gasteiger partial charge < -0.3 is 5.11 Å². The number of sulfonamides is 1. The standard InChI is InChI=1S/C11H15NO6S2/c1-3-12(8-11(13)14)20(17,18)10-6-4-9(5-7-10)19(2,15)16/h4-7H,3,8H2,1-2H3,(H,13,14). The van der Waals surface area contributed by atoms with Gasteiger partial charge in [0.25, 0.3) is 0 Å². The Bertz CT molecular complexity index is 691. The highest BCUT2D eigenvalue weighted by molar-refractivity contribution is 7.90. The zero-order chi connectivity index (χ0) is 15.6. The Kier molecular flexibility index (Phi) is 4.90. The van der Waals surface area contributed by atoms with Gasteiger partial charge in [-0.2, -0.15) is 4.31 Å². The molecule has 0 saturated carbocycles. The number of benzene rings is 1. The molecule has 0 fully saturated rings. The average molecular weight is 321 g/mol. The molecule has 0 radical (unpaired) electrons. The highest BCUT2D eigenvalue weighted by Crippen LogP contribution is 2.18. The molecule has 0 aliphatic heterocycles. The molecule has 0 unspecified atom stereocenters. The minimum Gasteiger partial charge on any atom is -0.480 e. The number of nitrogens with zero attached hydrogens (tertiary/aromatic N) is 1. The van der Waals surface area contributed by atoms with E-state index < -0.39 is 32.4 Å². The molecule has 0 amide bonds. The first-order valence-electron chi connectivity index (χ1n) is 5.61. The van der Waals surface area contributed by atoms with Crippen LogP contribution in [0.1, 0.15) is 6.92 Å². The van der Waals surface area contributed by atoms with Gasteiger partial charge in [0.05, 0.1) is 9.79 Å². The molecule has 1 aromatic rings. The van der Waals surface area contributed by atoms with E-state index in [0.717, 1.165) is 22.7 Å². The van der Waals surface area contributed by atoms with Crippen molar-refractivity contribution in [3.05, 3.63) is 24.3 Å². The Labute approximate surface area is 117 Å². The summed E-state index contributed by atoms with van der Waals surface area (Å²) in [5.41, 5.74) is 0. The van der Waals surface area contributed by atoms with Gasteiger partial charge in [-0.3, -0.25) is 4.79 Å². The Morgan fingerprint density at radius 2 is 1.55 bits per heavy atom. The third kappa shape index (κ3) is 3.78. The summed E-state index contributed by atoms with van der Waals surface area (Å²) in [6.45, 7) is 0.875. The van der Waals surface area contributed by atoms with Crippen LogP contribution in [0.4, 0.5) is 0 Å². The van der Waals surface area contributed by atoms with Crippen LogP contribution < -0.4 is 0 Å². The highest BCUT2D eigenvalue weighted by atomic mass is 32.2. The predicted molar refractivity (Wildman–Crippen MR) is 71.6 cm³/mol. The van der Waals surface area contributed by atoms with Crippen molar-refractivity contribution in [1.82, 2.24) is 4.31 Å². The zero-order valence-electron chi connectivity index (χ0n) is 11.0. The number of sulfone groups is 1. The fourth-order valence-electron chi connectivity index (χ4n) is 1.53. The number of rotatable bonds is 6. The van der Waals surface area contributed by atoms with Crippen LogP contribution in [0, 0.1) is 0 Å². The van der Waals surface area contributed by atoms with Crippen molar-refractivity contribution in [2.45, 2.75) is 16.7 Å². The van der Waals surface area contributed by atoms with E-state index in [9.17, 15) is 21.6 Å². The first kappa shape index (κ1) is 16.6. The van der Waals surface area contributed by atoms with Crippen LogP contribution in [0.25, 0.3) is 0 Å². The van der Waals surface area contributed by atoms with Gasteiger partial charge in [-0.1, -0.05) is 6.92 Å². The molecular weight excluding hydrogens is 306 g/mol. The minimum atomic E-state index is -3.95. The Balaban J connectivity index is 3.19. The lowest BCUT2D eigenvalue weighted by atomic mass is 10.4. The van der Waals surface area contributed by atoms with Crippen LogP contribution in [0.2, 0.25) is 0 Å². The molecule has 20 heavy (non-hydrogen) atoms. The molecular formula is C11H15NO6S2. The van der Waals surface area contributed by atoms with E-state index in [-0.39, 0.29) is 16.3 Å². The molecule has 1 N–H and O–H groups in total. The van der Waals surface area contributed by atoms with Gasteiger partial charge in [-0.25, -0.2) is 16.8 Å². The van der Waals surface area contributed by atoms with Gasteiger partial charge in [-0.05, 0) is 24.3 Å². The molecule has 7 nitrogen and oxygen atoms in total. The van der Waals surface area contributed by atoms with E-state index in [1.165, 1.54) is 19.1 Å². The van der Waals surface area contributed by atoms with Gasteiger partial charge in [-0.15, -0.1) is 0 Å². The average Bonchev–Trinajstić information content (AvgIpc) is 2.34. The van der Waals surface area contributed by atoms with E-state index in [1.807, 2.05) is 0 Å². The third-order valence-electron chi connectivity index (χ3n) is 2.55. The number of hydrogen-bond donors (Lipinski definition) is 1. The van der Waals surface area contributed by atoms with Gasteiger partial charge in [0.1, 0.15) is 6.54 Å². The topological polar surface area (TPSA) is 109 Å². The molecule has 1 aromatic carbocycles. The van der Waals surface area contributed by atoms with Crippen molar-refractivity contribution in [3.8, 4) is 0 Å². The third-order valence-corrected chi connectivity index (χ3v) is 5.62. The molecule has 0 aliphatic rings. The van der Waals surface area contributed by atoms with Gasteiger partial charge in [0.2, 0.25) is 10.0 Å². The van der Waals surface area contributed by atoms with Gasteiger partial charge in [0, 0.05) is 12.8 Å². The lowest BCUT2D eigenvalue weighted by Gasteiger charge is -2.18. The molecule has 0 bridgehead atoms. The molecule has 0 spiro atoms. The number of hydrogen-bond acceptors (Lipinski definition) is 5. The van der Waals surface area contributed by atoms with Crippen LogP contribution in [-0.4, -0.2) is 51.6 Å². The molecule has 0 aromatic heterocycles.